The first-order valence-corrected chi connectivity index (χ1v) is 19.9. The molecular formula is C41H54O23. The molecule has 0 aromatic carbocycles. The van der Waals surface area contributed by atoms with E-state index in [0.717, 1.165) is 14.0 Å². The van der Waals surface area contributed by atoms with Crippen molar-refractivity contribution in [3.63, 3.8) is 0 Å². The Balaban J connectivity index is 6.30. The predicted octanol–water partition coefficient (Wildman–Crippen LogP) is 1.56. The minimum atomic E-state index is -1.81. The van der Waals surface area contributed by atoms with Crippen molar-refractivity contribution in [3.8, 4) is 0 Å². The van der Waals surface area contributed by atoms with Gasteiger partial charge in [0.05, 0.1) is 58.0 Å². The summed E-state index contributed by atoms with van der Waals surface area (Å²) in [4.78, 5) is 186. The Morgan fingerprint density at radius 1 is 0.312 bits per heavy atom. The van der Waals surface area contributed by atoms with Crippen molar-refractivity contribution < 1.29 is 112 Å². The molecule has 23 nitrogen and oxygen atoms in total. The Morgan fingerprint density at radius 2 is 0.516 bits per heavy atom. The molecule has 356 valence electrons. The molecule has 0 amide bonds. The van der Waals surface area contributed by atoms with Crippen LogP contribution >= 0.6 is 0 Å². The molecule has 64 heavy (non-hydrogen) atoms. The van der Waals surface area contributed by atoms with E-state index in [1.165, 1.54) is 6.92 Å². The van der Waals surface area contributed by atoms with Gasteiger partial charge in [-0.05, 0) is 6.42 Å². The van der Waals surface area contributed by atoms with Crippen LogP contribution in [0.15, 0.2) is 0 Å². The Kier molecular flexibility index (Phi) is 25.3. The molecule has 8 unspecified atom stereocenters. The molecular weight excluding hydrogens is 860 g/mol. The summed E-state index contributed by atoms with van der Waals surface area (Å²) in [7, 11) is 0.898. The van der Waals surface area contributed by atoms with Crippen LogP contribution in [0.25, 0.3) is 0 Å². The highest BCUT2D eigenvalue weighted by molar-refractivity contribution is 5.99. The van der Waals surface area contributed by atoms with Crippen molar-refractivity contribution in [1.82, 2.24) is 0 Å². The number of hydrogen-bond donors (Lipinski definition) is 7. The number of Topliss-reactive ketones (excluding diaryl/α,β-unsaturated/α-hetero) is 7. The summed E-state index contributed by atoms with van der Waals surface area (Å²) >= 11 is 0. The van der Waals surface area contributed by atoms with E-state index >= 15 is 0 Å². The number of aliphatic carboxylic acids is 7. The zero-order valence-corrected chi connectivity index (χ0v) is 35.4. The van der Waals surface area contributed by atoms with Gasteiger partial charge in [0.25, 0.3) is 0 Å². The number of esters is 1. The lowest BCUT2D eigenvalue weighted by Gasteiger charge is -2.22. The van der Waals surface area contributed by atoms with Gasteiger partial charge in [-0.2, -0.15) is 0 Å². The van der Waals surface area contributed by atoms with Crippen LogP contribution in [0.4, 0.5) is 0 Å². The zero-order valence-electron chi connectivity index (χ0n) is 35.4. The van der Waals surface area contributed by atoms with E-state index in [9.17, 15) is 97.5 Å². The van der Waals surface area contributed by atoms with Crippen molar-refractivity contribution in [2.45, 2.75) is 110 Å². The van der Waals surface area contributed by atoms with Gasteiger partial charge in [0.2, 0.25) is 0 Å². The Bertz CT molecular complexity index is 1830. The van der Waals surface area contributed by atoms with E-state index in [1.54, 1.807) is 0 Å². The molecule has 0 saturated heterocycles. The van der Waals surface area contributed by atoms with Gasteiger partial charge in [-0.15, -0.1) is 0 Å². The molecule has 0 heterocycles. The standard InChI is InChI=1S/C41H54O23/c1-4-20(12-34(49)50)29(44)7-23(15-37(55)56)31(46)8-22(14-36(53)54)28(43)5-19(2)27(42)6-21(13-35(51)52)30(45)9-24(16-38(57)58)32(47)10-25(17-39(59)60)33(48)11-26(18-40(61)62)41(63)64-3/h19-26H,4-18H2,1-3H3,(H,49,50)(H,51,52)(H,53,54)(H,55,56)(H,57,58)(H,59,60)(H,61,62). The quantitative estimate of drug-likeness (QED) is 0.0435. The highest BCUT2D eigenvalue weighted by atomic mass is 16.5. The van der Waals surface area contributed by atoms with Gasteiger partial charge >= 0.3 is 47.8 Å². The number of ketones is 7. The molecule has 0 aromatic heterocycles. The number of carboxylic acid groups (broad SMARTS) is 7. The summed E-state index contributed by atoms with van der Waals surface area (Å²) in [5.74, 6) is -31.6. The second-order valence-electron chi connectivity index (χ2n) is 15.6. The molecule has 0 aliphatic carbocycles. The highest BCUT2D eigenvalue weighted by Gasteiger charge is 2.37. The molecule has 0 fully saturated rings. The van der Waals surface area contributed by atoms with Gasteiger partial charge in [-0.25, -0.2) is 0 Å². The molecule has 0 saturated carbocycles. The average Bonchev–Trinajstić information content (AvgIpc) is 3.16. The fourth-order valence-electron chi connectivity index (χ4n) is 6.94. The van der Waals surface area contributed by atoms with E-state index in [4.69, 9.17) is 10.2 Å². The van der Waals surface area contributed by atoms with Crippen LogP contribution in [0.1, 0.15) is 110 Å². The number of carbonyl (C=O) groups excluding carboxylic acids is 8. The number of hydrogen-bond acceptors (Lipinski definition) is 16. The number of carbonyl (C=O) groups is 15. The first kappa shape index (κ1) is 57.4. The molecule has 8 atom stereocenters. The maximum Gasteiger partial charge on any atom is 0.309 e. The molecule has 0 radical (unpaired) electrons. The van der Waals surface area contributed by atoms with Gasteiger partial charge in [0.15, 0.2) is 0 Å². The van der Waals surface area contributed by atoms with Gasteiger partial charge < -0.3 is 40.5 Å². The van der Waals surface area contributed by atoms with E-state index < -0.39 is 225 Å². The van der Waals surface area contributed by atoms with E-state index in [-0.39, 0.29) is 6.42 Å². The lowest BCUT2D eigenvalue weighted by Crippen LogP contribution is -2.32. The molecule has 0 aliphatic heterocycles. The molecule has 23 heteroatoms. The summed E-state index contributed by atoms with van der Waals surface area (Å²) in [5, 5.41) is 65.5. The van der Waals surface area contributed by atoms with Crippen LogP contribution < -0.4 is 0 Å². The van der Waals surface area contributed by atoms with Gasteiger partial charge in [0.1, 0.15) is 40.5 Å². The van der Waals surface area contributed by atoms with E-state index in [1.807, 2.05) is 0 Å². The van der Waals surface area contributed by atoms with Crippen LogP contribution in [-0.4, -0.2) is 131 Å². The number of rotatable bonds is 37. The highest BCUT2D eigenvalue weighted by Crippen LogP contribution is 2.28. The van der Waals surface area contributed by atoms with Crippen molar-refractivity contribution >= 4 is 88.2 Å². The van der Waals surface area contributed by atoms with Crippen LogP contribution in [0.5, 0.6) is 0 Å². The Morgan fingerprint density at radius 3 is 0.766 bits per heavy atom. The molecule has 7 N–H and O–H groups in total. The maximum atomic E-state index is 13.5. The predicted molar refractivity (Wildman–Crippen MR) is 209 cm³/mol. The molecule has 0 aliphatic rings. The third kappa shape index (κ3) is 22.5. The van der Waals surface area contributed by atoms with Gasteiger partial charge in [-0.1, -0.05) is 13.8 Å². The van der Waals surface area contributed by atoms with E-state index in [2.05, 4.69) is 4.74 Å². The fraction of sp³-hybridized carbons (Fsp3) is 0.634. The summed E-state index contributed by atoms with van der Waals surface area (Å²) in [6.45, 7) is 2.65. The Labute approximate surface area is 364 Å². The number of ether oxygens (including phenoxy) is 1. The molecule has 0 aromatic rings. The smallest absolute Gasteiger partial charge is 0.309 e. The normalized spacial score (nSPS) is 14.7. The minimum Gasteiger partial charge on any atom is -0.481 e. The van der Waals surface area contributed by atoms with E-state index in [0.29, 0.717) is 0 Å². The summed E-state index contributed by atoms with van der Waals surface area (Å²) in [6, 6.07) is 0. The summed E-state index contributed by atoms with van der Waals surface area (Å²) in [6.07, 6.45) is -12.8. The molecule has 0 rings (SSSR count). The van der Waals surface area contributed by atoms with Crippen molar-refractivity contribution in [2.24, 2.45) is 47.3 Å². The monoisotopic (exact) mass is 914 g/mol. The molecule has 0 bridgehead atoms. The van der Waals surface area contributed by atoms with Gasteiger partial charge in [-0.3, -0.25) is 71.9 Å². The average molecular weight is 915 g/mol. The van der Waals surface area contributed by atoms with Crippen LogP contribution in [0.3, 0.4) is 0 Å². The summed E-state index contributed by atoms with van der Waals surface area (Å²) in [5.41, 5.74) is 0. The van der Waals surface area contributed by atoms with Crippen molar-refractivity contribution in [3.05, 3.63) is 0 Å². The van der Waals surface area contributed by atoms with Crippen LogP contribution in [0, 0.1) is 47.3 Å². The minimum absolute atomic E-state index is 0.0440. The SMILES string of the molecule is CCC(CC(=O)O)C(=O)CC(CC(=O)O)C(=O)CC(CC(=O)O)C(=O)CC(C)C(=O)CC(CC(=O)O)C(=O)CC(CC(=O)O)C(=O)CC(CC(=O)O)C(=O)CC(CC(=O)O)C(=O)OC. The fourth-order valence-corrected chi connectivity index (χ4v) is 6.94. The zero-order chi connectivity index (χ0) is 49.6. The largest absolute Gasteiger partial charge is 0.481 e. The van der Waals surface area contributed by atoms with Crippen LogP contribution in [-0.2, 0) is 76.7 Å². The maximum absolute atomic E-state index is 13.5. The first-order chi connectivity index (χ1) is 29.6. The topological polar surface area (TPSA) is 407 Å². The lowest BCUT2D eigenvalue weighted by atomic mass is 9.79. The third-order valence-electron chi connectivity index (χ3n) is 10.4. The summed E-state index contributed by atoms with van der Waals surface area (Å²) < 4.78 is 4.48. The number of carboxylic acids is 7. The Hall–Kier alpha value is -6.55. The second kappa shape index (κ2) is 28.2. The lowest BCUT2D eigenvalue weighted by molar-refractivity contribution is -0.152. The van der Waals surface area contributed by atoms with Gasteiger partial charge in [0, 0.05) is 86.4 Å². The first-order valence-electron chi connectivity index (χ1n) is 19.9. The number of methoxy groups -OCH3 is 1. The molecule has 0 spiro atoms. The van der Waals surface area contributed by atoms with Crippen molar-refractivity contribution in [2.75, 3.05) is 7.11 Å². The van der Waals surface area contributed by atoms with Crippen LogP contribution in [0.2, 0.25) is 0 Å². The third-order valence-corrected chi connectivity index (χ3v) is 10.4. The van der Waals surface area contributed by atoms with Crippen molar-refractivity contribution in [1.29, 1.82) is 0 Å². The second-order valence-corrected chi connectivity index (χ2v) is 15.6.